The molecule has 0 unspecified atom stereocenters. The van der Waals surface area contributed by atoms with E-state index in [9.17, 15) is 9.90 Å². The Bertz CT molecular complexity index is 521. The molecule has 0 heterocycles. The van der Waals surface area contributed by atoms with Crippen LogP contribution in [0, 0.1) is 5.92 Å². The van der Waals surface area contributed by atoms with Crippen molar-refractivity contribution in [2.24, 2.45) is 5.92 Å². The largest absolute Gasteiger partial charge is 0.508 e. The number of benzene rings is 1. The summed E-state index contributed by atoms with van der Waals surface area (Å²) in [5.41, 5.74) is 5.61. The number of nitrogens with one attached hydrogen (secondary N) is 3. The minimum Gasteiger partial charge on any atom is -0.508 e. The normalized spacial score (nSPS) is 21.4. The van der Waals surface area contributed by atoms with Crippen LogP contribution in [0.2, 0.25) is 0 Å². The molecule has 0 aliphatic heterocycles. The van der Waals surface area contributed by atoms with E-state index in [4.69, 9.17) is 12.2 Å². The fraction of sp³-hybridized carbons (Fsp3) is 0.467. The zero-order valence-corrected chi connectivity index (χ0v) is 12.9. The molecule has 1 aliphatic carbocycles. The Morgan fingerprint density at radius 3 is 2.76 bits per heavy atom. The Morgan fingerprint density at radius 1 is 1.29 bits per heavy atom. The Hall–Kier alpha value is -1.82. The van der Waals surface area contributed by atoms with Gasteiger partial charge in [-0.25, -0.2) is 0 Å². The lowest BCUT2D eigenvalue weighted by Gasteiger charge is -2.30. The molecule has 5 nitrogen and oxygen atoms in total. The second-order valence-electron chi connectivity index (χ2n) is 5.47. The van der Waals surface area contributed by atoms with Crippen LogP contribution < -0.4 is 16.2 Å². The molecule has 0 bridgehead atoms. The van der Waals surface area contributed by atoms with Crippen molar-refractivity contribution in [1.82, 2.24) is 16.2 Å². The van der Waals surface area contributed by atoms with Crippen LogP contribution >= 0.6 is 12.2 Å². The zero-order chi connectivity index (χ0) is 15.2. The number of aromatic hydroxyl groups is 1. The first kappa shape index (κ1) is 15.6. The molecule has 1 saturated carbocycles. The van der Waals surface area contributed by atoms with Gasteiger partial charge in [-0.2, -0.15) is 0 Å². The van der Waals surface area contributed by atoms with Crippen molar-refractivity contribution in [3.8, 4) is 5.75 Å². The van der Waals surface area contributed by atoms with Crippen molar-refractivity contribution < 1.29 is 9.90 Å². The number of hydrogen-bond acceptors (Lipinski definition) is 3. The van der Waals surface area contributed by atoms with Crippen molar-refractivity contribution in [1.29, 1.82) is 0 Å². The summed E-state index contributed by atoms with van der Waals surface area (Å²) in [4.78, 5) is 11.9. The lowest BCUT2D eigenvalue weighted by molar-refractivity contribution is 0.0943. The quantitative estimate of drug-likeness (QED) is 0.497. The molecule has 1 aromatic rings. The van der Waals surface area contributed by atoms with Gasteiger partial charge in [0, 0.05) is 11.6 Å². The molecule has 0 aromatic heterocycles. The van der Waals surface area contributed by atoms with Gasteiger partial charge in [-0.05, 0) is 49.2 Å². The third-order valence-corrected chi connectivity index (χ3v) is 4.05. The average Bonchev–Trinajstić information content (AvgIpc) is 2.47. The molecule has 2 atom stereocenters. The Kier molecular flexibility index (Phi) is 5.38. The van der Waals surface area contributed by atoms with E-state index in [0.717, 1.165) is 6.42 Å². The molecule has 2 rings (SSSR count). The first-order valence-electron chi connectivity index (χ1n) is 7.22. The lowest BCUT2D eigenvalue weighted by atomic mass is 9.86. The van der Waals surface area contributed by atoms with Crippen LogP contribution in [0.15, 0.2) is 24.3 Å². The maximum atomic E-state index is 11.9. The maximum Gasteiger partial charge on any atom is 0.269 e. The highest BCUT2D eigenvalue weighted by Crippen LogP contribution is 2.23. The highest BCUT2D eigenvalue weighted by molar-refractivity contribution is 7.80. The van der Waals surface area contributed by atoms with Crippen molar-refractivity contribution >= 4 is 23.2 Å². The summed E-state index contributed by atoms with van der Waals surface area (Å²) < 4.78 is 0. The molecule has 1 amide bonds. The molecule has 21 heavy (non-hydrogen) atoms. The molecular weight excluding hydrogens is 286 g/mol. The number of phenolic OH excluding ortho intramolecular Hbond substituents is 1. The Labute approximate surface area is 130 Å². The van der Waals surface area contributed by atoms with Crippen molar-refractivity contribution in [3.05, 3.63) is 29.8 Å². The number of carbonyl (C=O) groups excluding carboxylic acids is 1. The van der Waals surface area contributed by atoms with Crippen LogP contribution in [-0.4, -0.2) is 22.2 Å². The molecule has 1 aliphatic rings. The van der Waals surface area contributed by atoms with Gasteiger partial charge in [0.1, 0.15) is 5.75 Å². The first-order valence-corrected chi connectivity index (χ1v) is 7.63. The van der Waals surface area contributed by atoms with E-state index < -0.39 is 0 Å². The molecule has 1 fully saturated rings. The highest BCUT2D eigenvalue weighted by atomic mass is 32.1. The van der Waals surface area contributed by atoms with Gasteiger partial charge in [0.05, 0.1) is 0 Å². The SMILES string of the molecule is C[C@@H]1CCCC[C@@H]1NC(=S)NNC(=O)c1cccc(O)c1. The highest BCUT2D eigenvalue weighted by Gasteiger charge is 2.21. The molecule has 1 aromatic carbocycles. The second-order valence-corrected chi connectivity index (χ2v) is 5.88. The fourth-order valence-electron chi connectivity index (χ4n) is 2.57. The van der Waals surface area contributed by atoms with Crippen LogP contribution in [-0.2, 0) is 0 Å². The van der Waals surface area contributed by atoms with Gasteiger partial charge in [-0.1, -0.05) is 25.8 Å². The van der Waals surface area contributed by atoms with Crippen molar-refractivity contribution in [2.45, 2.75) is 38.6 Å². The molecule has 6 heteroatoms. The summed E-state index contributed by atoms with van der Waals surface area (Å²) in [6.45, 7) is 2.21. The third-order valence-electron chi connectivity index (χ3n) is 3.83. The minimum absolute atomic E-state index is 0.0550. The summed E-state index contributed by atoms with van der Waals surface area (Å²) in [7, 11) is 0. The molecule has 0 saturated heterocycles. The second kappa shape index (κ2) is 7.26. The smallest absolute Gasteiger partial charge is 0.269 e. The van der Waals surface area contributed by atoms with E-state index in [1.54, 1.807) is 12.1 Å². The third kappa shape index (κ3) is 4.60. The Balaban J connectivity index is 1.79. The van der Waals surface area contributed by atoms with Gasteiger partial charge < -0.3 is 10.4 Å². The standard InChI is InChI=1S/C15H21N3O2S/c1-10-5-2-3-8-13(10)16-15(21)18-17-14(20)11-6-4-7-12(19)9-11/h4,6-7,9-10,13,19H,2-3,5,8H2,1H3,(H,17,20)(H2,16,18,21)/t10-,13+/m1/s1. The van der Waals surface area contributed by atoms with Gasteiger partial charge in [0.2, 0.25) is 0 Å². The number of carbonyl (C=O) groups is 1. The fourth-order valence-corrected chi connectivity index (χ4v) is 2.77. The maximum absolute atomic E-state index is 11.9. The minimum atomic E-state index is -0.341. The van der Waals surface area contributed by atoms with Crippen molar-refractivity contribution in [2.75, 3.05) is 0 Å². The van der Waals surface area contributed by atoms with Crippen LogP contribution in [0.25, 0.3) is 0 Å². The zero-order valence-electron chi connectivity index (χ0n) is 12.1. The number of thiocarbonyl (C=S) groups is 1. The molecule has 0 spiro atoms. The van der Waals surface area contributed by atoms with Gasteiger partial charge in [-0.3, -0.25) is 15.6 Å². The summed E-state index contributed by atoms with van der Waals surface area (Å²) in [6, 6.07) is 6.51. The summed E-state index contributed by atoms with van der Waals surface area (Å²) in [6.07, 6.45) is 4.79. The summed E-state index contributed by atoms with van der Waals surface area (Å²) in [5.74, 6) is 0.298. The number of hydrazine groups is 1. The van der Waals surface area contributed by atoms with E-state index in [2.05, 4.69) is 23.1 Å². The number of rotatable bonds is 2. The summed E-state index contributed by atoms with van der Waals surface area (Å²) >= 11 is 5.20. The van der Waals surface area contributed by atoms with Crippen LogP contribution in [0.3, 0.4) is 0 Å². The predicted molar refractivity (Wildman–Crippen MR) is 85.9 cm³/mol. The van der Waals surface area contributed by atoms with Gasteiger partial charge >= 0.3 is 0 Å². The van der Waals surface area contributed by atoms with Gasteiger partial charge in [0.25, 0.3) is 5.91 Å². The lowest BCUT2D eigenvalue weighted by Crippen LogP contribution is -2.51. The molecule has 4 N–H and O–H groups in total. The van der Waals surface area contributed by atoms with Crippen LogP contribution in [0.4, 0.5) is 0 Å². The molecule has 114 valence electrons. The monoisotopic (exact) mass is 307 g/mol. The van der Waals surface area contributed by atoms with E-state index in [-0.39, 0.29) is 11.7 Å². The van der Waals surface area contributed by atoms with Gasteiger partial charge in [0.15, 0.2) is 5.11 Å². The summed E-state index contributed by atoms with van der Waals surface area (Å²) in [5, 5.41) is 13.0. The first-order chi connectivity index (χ1) is 10.1. The van der Waals surface area contributed by atoms with E-state index in [1.165, 1.54) is 31.4 Å². The number of hydrogen-bond donors (Lipinski definition) is 4. The topological polar surface area (TPSA) is 73.4 Å². The predicted octanol–water partition coefficient (Wildman–Crippen LogP) is 2.08. The molecular formula is C15H21N3O2S. The van der Waals surface area contributed by atoms with Gasteiger partial charge in [-0.15, -0.1) is 0 Å². The Morgan fingerprint density at radius 2 is 2.05 bits per heavy atom. The molecule has 0 radical (unpaired) electrons. The van der Waals surface area contributed by atoms with E-state index in [0.29, 0.717) is 22.6 Å². The average molecular weight is 307 g/mol. The van der Waals surface area contributed by atoms with Crippen LogP contribution in [0.5, 0.6) is 5.75 Å². The van der Waals surface area contributed by atoms with Crippen molar-refractivity contribution in [3.63, 3.8) is 0 Å². The van der Waals surface area contributed by atoms with E-state index >= 15 is 0 Å². The number of phenols is 1. The number of amides is 1. The van der Waals surface area contributed by atoms with Crippen LogP contribution in [0.1, 0.15) is 43.0 Å². The van der Waals surface area contributed by atoms with E-state index in [1.807, 2.05) is 0 Å².